The Morgan fingerprint density at radius 2 is 1.82 bits per heavy atom. The van der Waals surface area contributed by atoms with Gasteiger partial charge >= 0.3 is 0 Å². The minimum absolute atomic E-state index is 0.191. The first-order valence-corrected chi connectivity index (χ1v) is 11.7. The summed E-state index contributed by atoms with van der Waals surface area (Å²) in [5.74, 6) is -0.341. The van der Waals surface area contributed by atoms with Crippen LogP contribution in [0.25, 0.3) is 0 Å². The first-order chi connectivity index (χ1) is 15.7. The molecule has 1 aliphatic carbocycles. The molecule has 0 radical (unpaired) electrons. The van der Waals surface area contributed by atoms with Crippen molar-refractivity contribution < 1.29 is 17.7 Å². The number of aryl methyl sites for hydroxylation is 2. The summed E-state index contributed by atoms with van der Waals surface area (Å²) in [5.41, 5.74) is 2.03. The number of nitrogens with zero attached hydrogens (tertiary/aromatic N) is 1. The van der Waals surface area contributed by atoms with Gasteiger partial charge in [-0.15, -0.1) is 0 Å². The van der Waals surface area contributed by atoms with Gasteiger partial charge in [-0.1, -0.05) is 12.1 Å². The number of pyridine rings is 1. The van der Waals surface area contributed by atoms with Crippen molar-refractivity contribution in [3.8, 4) is 5.75 Å². The van der Waals surface area contributed by atoms with Crippen LogP contribution in [0.3, 0.4) is 0 Å². The maximum Gasteiger partial charge on any atom is 0.254 e. The number of nitrogens with one attached hydrogen (secondary N) is 2. The largest absolute Gasteiger partial charge is 0.497 e. The molecule has 2 N–H and O–H groups in total. The van der Waals surface area contributed by atoms with Crippen LogP contribution in [-0.4, -0.2) is 21.1 Å². The summed E-state index contributed by atoms with van der Waals surface area (Å²) in [6.45, 7) is 3.43. The average Bonchev–Trinajstić information content (AvgIpc) is 3.57. The van der Waals surface area contributed by atoms with Crippen LogP contribution in [0.15, 0.2) is 47.3 Å². The zero-order valence-corrected chi connectivity index (χ0v) is 19.6. The minimum Gasteiger partial charge on any atom is -0.497 e. The van der Waals surface area contributed by atoms with Crippen molar-refractivity contribution in [3.63, 3.8) is 0 Å². The molecule has 1 fully saturated rings. The predicted octanol–water partition coefficient (Wildman–Crippen LogP) is 4.66. The molecule has 174 valence electrons. The second-order valence-corrected chi connectivity index (χ2v) is 9.63. The highest BCUT2D eigenvalue weighted by molar-refractivity contribution is 7.87. The third-order valence-electron chi connectivity index (χ3n) is 5.80. The number of anilines is 3. The molecule has 6 nitrogen and oxygen atoms in total. The molecule has 9 heteroatoms. The number of ether oxygens (including phenoxy) is 1. The molecule has 1 aliphatic rings. The Labute approximate surface area is 193 Å². The molecule has 0 aliphatic heterocycles. The number of benzene rings is 2. The van der Waals surface area contributed by atoms with E-state index in [2.05, 4.69) is 10.0 Å². The van der Waals surface area contributed by atoms with E-state index in [1.165, 1.54) is 23.8 Å². The van der Waals surface area contributed by atoms with E-state index in [0.717, 1.165) is 5.56 Å². The van der Waals surface area contributed by atoms with Gasteiger partial charge in [0, 0.05) is 24.6 Å². The highest BCUT2D eigenvalue weighted by Gasteiger charge is 2.45. The Kier molecular flexibility index (Phi) is 6.25. The monoisotopic (exact) mass is 473 g/mol. The van der Waals surface area contributed by atoms with Crippen molar-refractivity contribution in [2.75, 3.05) is 17.1 Å². The molecule has 3 atom stereocenters. The molecule has 1 saturated carbocycles. The van der Waals surface area contributed by atoms with Crippen LogP contribution in [0.2, 0.25) is 0 Å². The molecule has 1 aromatic heterocycles. The fraction of sp³-hybridized carbons (Fsp3) is 0.292. The lowest BCUT2D eigenvalue weighted by molar-refractivity contribution is 0.410. The fourth-order valence-corrected chi connectivity index (χ4v) is 5.18. The third kappa shape index (κ3) is 4.64. The summed E-state index contributed by atoms with van der Waals surface area (Å²) in [6, 6.07) is 11.0. The van der Waals surface area contributed by atoms with Gasteiger partial charge < -0.3 is 14.8 Å². The number of halogens is 2. The van der Waals surface area contributed by atoms with Gasteiger partial charge in [0.05, 0.1) is 23.7 Å². The molecule has 3 aromatic rings. The zero-order valence-electron chi connectivity index (χ0n) is 18.7. The van der Waals surface area contributed by atoms with E-state index in [-0.39, 0.29) is 28.2 Å². The molecule has 0 spiro atoms. The van der Waals surface area contributed by atoms with Crippen LogP contribution >= 0.6 is 0 Å². The number of methoxy groups -OCH3 is 1. The van der Waals surface area contributed by atoms with Crippen LogP contribution < -0.4 is 20.3 Å². The van der Waals surface area contributed by atoms with Gasteiger partial charge in [0.2, 0.25) is 0 Å². The van der Waals surface area contributed by atoms with Crippen LogP contribution in [0.4, 0.5) is 26.0 Å². The maximum absolute atomic E-state index is 14.4. The van der Waals surface area contributed by atoms with Gasteiger partial charge in [-0.3, -0.25) is 9.36 Å². The second kappa shape index (κ2) is 8.97. The summed E-state index contributed by atoms with van der Waals surface area (Å²) < 4.78 is 51.3. The smallest absolute Gasteiger partial charge is 0.254 e. The summed E-state index contributed by atoms with van der Waals surface area (Å²) in [4.78, 5) is 12.5. The first-order valence-electron chi connectivity index (χ1n) is 10.4. The zero-order chi connectivity index (χ0) is 23.9. The van der Waals surface area contributed by atoms with E-state index < -0.39 is 22.6 Å². The quantitative estimate of drug-likeness (QED) is 0.523. The summed E-state index contributed by atoms with van der Waals surface area (Å²) in [7, 11) is 1.47. The molecular formula is C24H25F2N3O3S. The molecular weight excluding hydrogens is 448 g/mol. The highest BCUT2D eigenvalue weighted by Crippen LogP contribution is 2.46. The third-order valence-corrected chi connectivity index (χ3v) is 7.29. The molecule has 2 aromatic carbocycles. The highest BCUT2D eigenvalue weighted by atomic mass is 32.2. The molecule has 0 bridgehead atoms. The fourth-order valence-electron chi connectivity index (χ4n) is 3.83. The Bertz CT molecular complexity index is 1310. The van der Waals surface area contributed by atoms with Gasteiger partial charge in [0.25, 0.3) is 5.56 Å². The van der Waals surface area contributed by atoms with E-state index in [1.54, 1.807) is 51.2 Å². The predicted molar refractivity (Wildman–Crippen MR) is 127 cm³/mol. The lowest BCUT2D eigenvalue weighted by Gasteiger charge is -2.18. The lowest BCUT2D eigenvalue weighted by Crippen LogP contribution is -2.24. The van der Waals surface area contributed by atoms with Crippen LogP contribution in [0.5, 0.6) is 5.75 Å². The van der Waals surface area contributed by atoms with Crippen LogP contribution in [0.1, 0.15) is 29.0 Å². The summed E-state index contributed by atoms with van der Waals surface area (Å²) in [6.07, 6.45) is 0.558. The average molecular weight is 474 g/mol. The van der Waals surface area contributed by atoms with Gasteiger partial charge in [-0.05, 0) is 55.7 Å². The summed E-state index contributed by atoms with van der Waals surface area (Å²) in [5, 5.41) is 2.65. The molecule has 4 rings (SSSR count). The lowest BCUT2D eigenvalue weighted by atomic mass is 10.1. The van der Waals surface area contributed by atoms with Crippen LogP contribution in [-0.2, 0) is 18.0 Å². The van der Waals surface area contributed by atoms with E-state index in [9.17, 15) is 17.8 Å². The topological polar surface area (TPSA) is 72.4 Å². The van der Waals surface area contributed by atoms with Gasteiger partial charge in [0.15, 0.2) is 0 Å². The van der Waals surface area contributed by atoms with Crippen molar-refractivity contribution in [3.05, 3.63) is 81.1 Å². The van der Waals surface area contributed by atoms with E-state index in [0.29, 0.717) is 29.0 Å². The maximum atomic E-state index is 14.4. The van der Waals surface area contributed by atoms with E-state index in [1.807, 2.05) is 0 Å². The van der Waals surface area contributed by atoms with Crippen LogP contribution in [0, 0.1) is 25.5 Å². The van der Waals surface area contributed by atoms with Gasteiger partial charge in [-0.2, -0.15) is 0 Å². The number of hydrogen-bond donors (Lipinski definition) is 2. The summed E-state index contributed by atoms with van der Waals surface area (Å²) >= 11 is 0. The minimum atomic E-state index is -1.56. The Morgan fingerprint density at radius 1 is 1.06 bits per heavy atom. The first kappa shape index (κ1) is 23.0. The van der Waals surface area contributed by atoms with Gasteiger partial charge in [0.1, 0.15) is 34.2 Å². The molecule has 0 saturated heterocycles. The Morgan fingerprint density at radius 3 is 2.48 bits per heavy atom. The van der Waals surface area contributed by atoms with Crippen molar-refractivity contribution >= 4 is 28.2 Å². The molecule has 3 unspecified atom stereocenters. The SMILES string of the molecule is COc1ccc(C2CC2S(=O)Nc2cc(C)c(=O)n(C)c2Nc2ccc(C)cc2F)c(F)c1. The van der Waals surface area contributed by atoms with Crippen molar-refractivity contribution in [2.45, 2.75) is 31.4 Å². The normalized spacial score (nSPS) is 18.0. The van der Waals surface area contributed by atoms with Gasteiger partial charge in [-0.25, -0.2) is 13.0 Å². The number of rotatable bonds is 7. The molecule has 0 amide bonds. The van der Waals surface area contributed by atoms with E-state index in [4.69, 9.17) is 4.74 Å². The van der Waals surface area contributed by atoms with Crippen molar-refractivity contribution in [1.29, 1.82) is 0 Å². The molecule has 1 heterocycles. The second-order valence-electron chi connectivity index (χ2n) is 8.23. The standard InChI is InChI=1S/C24H25F2N3O3S/c1-13-5-8-20(19(26)9-13)27-23-21(10-14(2)24(30)29(23)3)28-33(31)22-12-17(22)16-7-6-15(32-4)11-18(16)25/h5-11,17,22,27-28H,12H2,1-4H3. The van der Waals surface area contributed by atoms with E-state index >= 15 is 0 Å². The Hall–Kier alpha value is -3.20. The molecule has 33 heavy (non-hydrogen) atoms. The van der Waals surface area contributed by atoms with Crippen molar-refractivity contribution in [2.24, 2.45) is 7.05 Å². The Balaban J connectivity index is 1.59. The van der Waals surface area contributed by atoms with Crippen molar-refractivity contribution in [1.82, 2.24) is 4.57 Å². The number of hydrogen-bond acceptors (Lipinski definition) is 4. The number of aromatic nitrogens is 1.